The molecular formula is C17H21N3O3S. The second-order valence-electron chi connectivity index (χ2n) is 5.69. The molecular weight excluding hydrogens is 326 g/mol. The molecule has 0 bridgehead atoms. The van der Waals surface area contributed by atoms with Crippen LogP contribution in [0.3, 0.4) is 0 Å². The molecule has 0 atom stereocenters. The van der Waals surface area contributed by atoms with Crippen LogP contribution in [-0.2, 0) is 9.59 Å². The second-order valence-corrected chi connectivity index (χ2v) is 6.68. The highest BCUT2D eigenvalue weighted by molar-refractivity contribution is 8.18. The first-order valence-corrected chi connectivity index (χ1v) is 8.51. The van der Waals surface area contributed by atoms with Crippen molar-refractivity contribution >= 4 is 34.9 Å². The molecule has 0 aromatic heterocycles. The van der Waals surface area contributed by atoms with Crippen molar-refractivity contribution in [3.05, 3.63) is 40.8 Å². The summed E-state index contributed by atoms with van der Waals surface area (Å²) in [5, 5.41) is 2.32. The number of imide groups is 1. The fourth-order valence-corrected chi connectivity index (χ4v) is 3.00. The fourth-order valence-electron chi connectivity index (χ4n) is 2.16. The van der Waals surface area contributed by atoms with Gasteiger partial charge in [0.05, 0.1) is 4.91 Å². The molecule has 0 saturated carbocycles. The SMILES string of the molecule is CN(C)CCCNC(=O)CN1C(=O)S/C(=C\c2ccccc2)C1=O. The fraction of sp³-hybridized carbons (Fsp3) is 0.353. The van der Waals surface area contributed by atoms with E-state index in [0.29, 0.717) is 11.4 Å². The number of carbonyl (C=O) groups is 3. The summed E-state index contributed by atoms with van der Waals surface area (Å²) in [6.45, 7) is 1.15. The van der Waals surface area contributed by atoms with Gasteiger partial charge in [0.1, 0.15) is 6.54 Å². The van der Waals surface area contributed by atoms with Gasteiger partial charge >= 0.3 is 0 Å². The van der Waals surface area contributed by atoms with Gasteiger partial charge in [-0.05, 0) is 50.5 Å². The summed E-state index contributed by atoms with van der Waals surface area (Å²) >= 11 is 0.863. The Balaban J connectivity index is 1.90. The minimum Gasteiger partial charge on any atom is -0.354 e. The number of rotatable bonds is 7. The van der Waals surface area contributed by atoms with Gasteiger partial charge in [-0.1, -0.05) is 30.3 Å². The van der Waals surface area contributed by atoms with E-state index < -0.39 is 11.1 Å². The first-order chi connectivity index (χ1) is 11.5. The smallest absolute Gasteiger partial charge is 0.294 e. The molecule has 3 amide bonds. The summed E-state index contributed by atoms with van der Waals surface area (Å²) in [6.07, 6.45) is 2.48. The van der Waals surface area contributed by atoms with Crippen molar-refractivity contribution in [1.82, 2.24) is 15.1 Å². The summed E-state index contributed by atoms with van der Waals surface area (Å²) in [6, 6.07) is 9.30. The predicted molar refractivity (Wildman–Crippen MR) is 95.3 cm³/mol. The van der Waals surface area contributed by atoms with Crippen LogP contribution in [0.1, 0.15) is 12.0 Å². The third-order valence-corrected chi connectivity index (χ3v) is 4.28. The zero-order chi connectivity index (χ0) is 17.5. The van der Waals surface area contributed by atoms with Crippen molar-refractivity contribution < 1.29 is 14.4 Å². The van der Waals surface area contributed by atoms with Gasteiger partial charge in [0.25, 0.3) is 11.1 Å². The van der Waals surface area contributed by atoms with Crippen LogP contribution in [0.15, 0.2) is 35.2 Å². The highest BCUT2D eigenvalue weighted by Gasteiger charge is 2.36. The van der Waals surface area contributed by atoms with E-state index >= 15 is 0 Å². The third kappa shape index (κ3) is 5.21. The molecule has 1 aliphatic heterocycles. The lowest BCUT2D eigenvalue weighted by Crippen LogP contribution is -2.40. The molecule has 0 aliphatic carbocycles. The molecule has 1 aromatic carbocycles. The Morgan fingerprint density at radius 1 is 1.25 bits per heavy atom. The number of benzene rings is 1. The number of hydrogen-bond acceptors (Lipinski definition) is 5. The molecule has 128 valence electrons. The lowest BCUT2D eigenvalue weighted by Gasteiger charge is -2.13. The maximum atomic E-state index is 12.3. The van der Waals surface area contributed by atoms with Gasteiger partial charge in [0.2, 0.25) is 5.91 Å². The molecule has 0 spiro atoms. The standard InChI is InChI=1S/C17H21N3O3S/c1-19(2)10-6-9-18-15(21)12-20-16(22)14(24-17(20)23)11-13-7-4-3-5-8-13/h3-5,7-8,11H,6,9-10,12H2,1-2H3,(H,18,21)/b14-11-. The Hall–Kier alpha value is -2.12. The highest BCUT2D eigenvalue weighted by Crippen LogP contribution is 2.31. The van der Waals surface area contributed by atoms with Crippen LogP contribution in [0, 0.1) is 0 Å². The van der Waals surface area contributed by atoms with Crippen LogP contribution in [-0.4, -0.2) is 60.6 Å². The van der Waals surface area contributed by atoms with Crippen molar-refractivity contribution in [2.75, 3.05) is 33.7 Å². The normalized spacial score (nSPS) is 16.3. The zero-order valence-corrected chi connectivity index (χ0v) is 14.6. The number of nitrogens with one attached hydrogen (secondary N) is 1. The Bertz CT molecular complexity index is 644. The van der Waals surface area contributed by atoms with E-state index in [9.17, 15) is 14.4 Å². The summed E-state index contributed by atoms with van der Waals surface area (Å²) in [7, 11) is 3.92. The maximum Gasteiger partial charge on any atom is 0.294 e. The van der Waals surface area contributed by atoms with Gasteiger partial charge in [0, 0.05) is 6.54 Å². The van der Waals surface area contributed by atoms with Gasteiger partial charge in [-0.15, -0.1) is 0 Å². The molecule has 1 aliphatic rings. The van der Waals surface area contributed by atoms with Crippen LogP contribution in [0.5, 0.6) is 0 Å². The van der Waals surface area contributed by atoms with Crippen molar-refractivity contribution in [2.24, 2.45) is 0 Å². The lowest BCUT2D eigenvalue weighted by atomic mass is 10.2. The Labute approximate surface area is 145 Å². The lowest BCUT2D eigenvalue weighted by molar-refractivity contribution is -0.129. The third-order valence-electron chi connectivity index (χ3n) is 3.38. The van der Waals surface area contributed by atoms with Crippen LogP contribution in [0.4, 0.5) is 4.79 Å². The molecule has 2 rings (SSSR count). The van der Waals surface area contributed by atoms with E-state index in [1.807, 2.05) is 49.3 Å². The molecule has 1 N–H and O–H groups in total. The number of amides is 3. The summed E-state index contributed by atoms with van der Waals surface area (Å²) in [5.74, 6) is -0.741. The monoisotopic (exact) mass is 347 g/mol. The van der Waals surface area contributed by atoms with E-state index in [4.69, 9.17) is 0 Å². The van der Waals surface area contributed by atoms with Gasteiger partial charge in [0.15, 0.2) is 0 Å². The van der Waals surface area contributed by atoms with Crippen LogP contribution >= 0.6 is 11.8 Å². The van der Waals surface area contributed by atoms with Crippen LogP contribution < -0.4 is 5.32 Å². The number of carbonyl (C=O) groups excluding carboxylic acids is 3. The molecule has 0 unspecified atom stereocenters. The Kier molecular flexibility index (Phi) is 6.57. The van der Waals surface area contributed by atoms with Crippen molar-refractivity contribution in [2.45, 2.75) is 6.42 Å². The molecule has 24 heavy (non-hydrogen) atoms. The highest BCUT2D eigenvalue weighted by atomic mass is 32.2. The quantitative estimate of drug-likeness (QED) is 0.601. The van der Waals surface area contributed by atoms with Gasteiger partial charge in [-0.3, -0.25) is 19.3 Å². The minimum atomic E-state index is -0.419. The topological polar surface area (TPSA) is 69.7 Å². The minimum absolute atomic E-state index is 0.237. The second kappa shape index (κ2) is 8.65. The van der Waals surface area contributed by atoms with Crippen molar-refractivity contribution in [3.63, 3.8) is 0 Å². The van der Waals surface area contributed by atoms with E-state index in [1.165, 1.54) is 0 Å². The summed E-state index contributed by atoms with van der Waals surface area (Å²) < 4.78 is 0. The number of hydrogen-bond donors (Lipinski definition) is 1. The molecule has 1 fully saturated rings. The van der Waals surface area contributed by atoms with E-state index in [0.717, 1.165) is 35.2 Å². The molecule has 1 heterocycles. The van der Waals surface area contributed by atoms with Gasteiger partial charge in [-0.2, -0.15) is 0 Å². The van der Waals surface area contributed by atoms with Crippen LogP contribution in [0.25, 0.3) is 6.08 Å². The molecule has 6 nitrogen and oxygen atoms in total. The zero-order valence-electron chi connectivity index (χ0n) is 13.8. The Morgan fingerprint density at radius 3 is 2.62 bits per heavy atom. The summed E-state index contributed by atoms with van der Waals surface area (Å²) in [4.78, 5) is 39.5. The molecule has 0 radical (unpaired) electrons. The van der Waals surface area contributed by atoms with Crippen molar-refractivity contribution in [3.8, 4) is 0 Å². The predicted octanol–water partition coefficient (Wildman–Crippen LogP) is 1.79. The average molecular weight is 347 g/mol. The first kappa shape index (κ1) is 18.2. The first-order valence-electron chi connectivity index (χ1n) is 7.69. The van der Waals surface area contributed by atoms with E-state index in [2.05, 4.69) is 5.32 Å². The van der Waals surface area contributed by atoms with E-state index in [1.54, 1.807) is 6.08 Å². The molecule has 1 aromatic rings. The number of thioether (sulfide) groups is 1. The molecule has 7 heteroatoms. The van der Waals surface area contributed by atoms with E-state index in [-0.39, 0.29) is 12.5 Å². The number of nitrogens with zero attached hydrogens (tertiary/aromatic N) is 2. The average Bonchev–Trinajstić information content (AvgIpc) is 2.80. The molecule has 1 saturated heterocycles. The van der Waals surface area contributed by atoms with Crippen LogP contribution in [0.2, 0.25) is 0 Å². The van der Waals surface area contributed by atoms with Gasteiger partial charge < -0.3 is 10.2 Å². The van der Waals surface area contributed by atoms with Gasteiger partial charge in [-0.25, -0.2) is 0 Å². The van der Waals surface area contributed by atoms with Crippen molar-refractivity contribution in [1.29, 1.82) is 0 Å². The Morgan fingerprint density at radius 2 is 1.96 bits per heavy atom. The maximum absolute atomic E-state index is 12.3. The largest absolute Gasteiger partial charge is 0.354 e. The summed E-state index contributed by atoms with van der Waals surface area (Å²) in [5.41, 5.74) is 0.844.